The zero-order chi connectivity index (χ0) is 17.7. The molecule has 0 fully saturated rings. The molecule has 2 aromatic carbocycles. The Morgan fingerprint density at radius 2 is 2.00 bits per heavy atom. The van der Waals surface area contributed by atoms with Gasteiger partial charge in [0.1, 0.15) is 5.75 Å². The van der Waals surface area contributed by atoms with E-state index in [4.69, 9.17) is 4.74 Å². The first kappa shape index (κ1) is 17.8. The van der Waals surface area contributed by atoms with Gasteiger partial charge in [-0.1, -0.05) is 24.3 Å². The van der Waals surface area contributed by atoms with Gasteiger partial charge in [-0.05, 0) is 41.8 Å². The van der Waals surface area contributed by atoms with Crippen molar-refractivity contribution in [3.8, 4) is 5.75 Å². The van der Waals surface area contributed by atoms with E-state index in [2.05, 4.69) is 11.4 Å². The average molecular weight is 328 g/mol. The lowest BCUT2D eigenvalue weighted by molar-refractivity contribution is -0.129. The Labute approximate surface area is 142 Å². The van der Waals surface area contributed by atoms with E-state index in [9.17, 15) is 9.90 Å². The predicted octanol–water partition coefficient (Wildman–Crippen LogP) is 2.42. The van der Waals surface area contributed by atoms with Crippen molar-refractivity contribution < 1.29 is 14.6 Å². The molecular weight excluding hydrogens is 304 g/mol. The summed E-state index contributed by atoms with van der Waals surface area (Å²) in [5, 5.41) is 13.0. The molecule has 0 bridgehead atoms. The predicted molar refractivity (Wildman–Crippen MR) is 95.3 cm³/mol. The van der Waals surface area contributed by atoms with Gasteiger partial charge in [0.2, 0.25) is 0 Å². The third-order valence-electron chi connectivity index (χ3n) is 3.83. The molecule has 1 atom stereocenters. The number of nitrogens with one attached hydrogen (secondary N) is 1. The van der Waals surface area contributed by atoms with Gasteiger partial charge in [-0.15, -0.1) is 0 Å². The van der Waals surface area contributed by atoms with Gasteiger partial charge < -0.3 is 20.1 Å². The van der Waals surface area contributed by atoms with Crippen LogP contribution in [-0.4, -0.2) is 32.2 Å². The highest BCUT2D eigenvalue weighted by Gasteiger charge is 2.18. The molecule has 5 nitrogen and oxygen atoms in total. The van der Waals surface area contributed by atoms with Crippen molar-refractivity contribution in [2.75, 3.05) is 26.1 Å². The van der Waals surface area contributed by atoms with E-state index >= 15 is 0 Å². The number of anilines is 1. The number of hydrogen-bond acceptors (Lipinski definition) is 4. The minimum absolute atomic E-state index is 0.355. The summed E-state index contributed by atoms with van der Waals surface area (Å²) in [6.45, 7) is 2.38. The van der Waals surface area contributed by atoms with Crippen molar-refractivity contribution in [2.45, 2.75) is 19.6 Å². The normalized spacial score (nSPS) is 11.7. The molecule has 0 aliphatic heterocycles. The molecule has 0 heterocycles. The fourth-order valence-electron chi connectivity index (χ4n) is 2.48. The Bertz CT molecular complexity index is 714. The van der Waals surface area contributed by atoms with E-state index in [1.54, 1.807) is 31.4 Å². The van der Waals surface area contributed by atoms with E-state index in [1.807, 2.05) is 38.1 Å². The van der Waals surface area contributed by atoms with Crippen molar-refractivity contribution in [3.63, 3.8) is 0 Å². The fourth-order valence-corrected chi connectivity index (χ4v) is 2.48. The van der Waals surface area contributed by atoms with Crippen molar-refractivity contribution in [1.29, 1.82) is 0 Å². The summed E-state index contributed by atoms with van der Waals surface area (Å²) in [5.41, 5.74) is 3.71. The molecule has 0 aromatic heterocycles. The van der Waals surface area contributed by atoms with E-state index in [1.165, 1.54) is 0 Å². The van der Waals surface area contributed by atoms with Crippen LogP contribution in [0.15, 0.2) is 42.5 Å². The molecule has 0 radical (unpaired) electrons. The summed E-state index contributed by atoms with van der Waals surface area (Å²) < 4.78 is 5.12. The van der Waals surface area contributed by atoms with Crippen LogP contribution in [0.25, 0.3) is 0 Å². The molecule has 2 rings (SSSR count). The highest BCUT2D eigenvalue weighted by molar-refractivity contribution is 5.82. The van der Waals surface area contributed by atoms with Crippen LogP contribution in [-0.2, 0) is 11.3 Å². The summed E-state index contributed by atoms with van der Waals surface area (Å²) in [4.78, 5) is 14.3. The molecule has 0 aliphatic carbocycles. The molecule has 0 saturated heterocycles. The molecular formula is C19H24N2O3. The van der Waals surface area contributed by atoms with Crippen molar-refractivity contribution in [2.24, 2.45) is 0 Å². The highest BCUT2D eigenvalue weighted by Crippen LogP contribution is 2.22. The number of nitrogens with zero attached hydrogens (tertiary/aromatic N) is 1. The summed E-state index contributed by atoms with van der Waals surface area (Å²) >= 11 is 0. The van der Waals surface area contributed by atoms with Gasteiger partial charge in [0.15, 0.2) is 6.10 Å². The maximum Gasteiger partial charge on any atom is 0.253 e. The Morgan fingerprint density at radius 3 is 2.67 bits per heavy atom. The molecule has 128 valence electrons. The fraction of sp³-hybridized carbons (Fsp3) is 0.316. The first-order valence-corrected chi connectivity index (χ1v) is 7.79. The molecule has 0 saturated carbocycles. The topological polar surface area (TPSA) is 61.8 Å². The number of benzene rings is 2. The van der Waals surface area contributed by atoms with Crippen molar-refractivity contribution in [3.05, 3.63) is 59.2 Å². The number of carbonyl (C=O) groups is 1. The van der Waals surface area contributed by atoms with Gasteiger partial charge in [0.05, 0.1) is 7.11 Å². The first-order valence-electron chi connectivity index (χ1n) is 7.79. The number of hydrogen-bond donors (Lipinski definition) is 2. The Balaban J connectivity index is 2.07. The van der Waals surface area contributed by atoms with Crippen LogP contribution in [0.3, 0.4) is 0 Å². The summed E-state index contributed by atoms with van der Waals surface area (Å²) in [5.74, 6) is 0.168. The smallest absolute Gasteiger partial charge is 0.253 e. The second kappa shape index (κ2) is 7.84. The lowest BCUT2D eigenvalue weighted by Gasteiger charge is -2.19. The molecule has 2 aromatic rings. The van der Waals surface area contributed by atoms with Gasteiger partial charge in [0.25, 0.3) is 5.91 Å². The molecule has 0 aliphatic rings. The lowest BCUT2D eigenvalue weighted by atomic mass is 10.1. The van der Waals surface area contributed by atoms with E-state index in [0.717, 1.165) is 16.8 Å². The van der Waals surface area contributed by atoms with Crippen LogP contribution in [0.2, 0.25) is 0 Å². The van der Waals surface area contributed by atoms with Gasteiger partial charge in [-0.25, -0.2) is 0 Å². The second-order valence-electron chi connectivity index (χ2n) is 5.92. The van der Waals surface area contributed by atoms with Crippen LogP contribution >= 0.6 is 0 Å². The molecule has 0 spiro atoms. The SMILES string of the molecule is COc1cccc([C@@H](O)C(=O)NCc2ccc(C)cc2N(C)C)c1. The number of amides is 1. The van der Waals surface area contributed by atoms with Crippen LogP contribution in [0, 0.1) is 6.92 Å². The zero-order valence-corrected chi connectivity index (χ0v) is 14.5. The highest BCUT2D eigenvalue weighted by atomic mass is 16.5. The monoisotopic (exact) mass is 328 g/mol. The van der Waals surface area contributed by atoms with E-state index < -0.39 is 12.0 Å². The van der Waals surface area contributed by atoms with Gasteiger partial charge in [-0.2, -0.15) is 0 Å². The number of rotatable bonds is 6. The first-order chi connectivity index (χ1) is 11.4. The van der Waals surface area contributed by atoms with E-state index in [0.29, 0.717) is 17.9 Å². The summed E-state index contributed by atoms with van der Waals surface area (Å²) in [6, 6.07) is 12.9. The van der Waals surface area contributed by atoms with Crippen LogP contribution < -0.4 is 15.0 Å². The van der Waals surface area contributed by atoms with Crippen LogP contribution in [0.5, 0.6) is 5.75 Å². The lowest BCUT2D eigenvalue weighted by Crippen LogP contribution is -2.29. The van der Waals surface area contributed by atoms with E-state index in [-0.39, 0.29) is 0 Å². The number of aliphatic hydroxyl groups is 1. The number of aliphatic hydroxyl groups excluding tert-OH is 1. The largest absolute Gasteiger partial charge is 0.497 e. The van der Waals surface area contributed by atoms with Crippen molar-refractivity contribution >= 4 is 11.6 Å². The van der Waals surface area contributed by atoms with Gasteiger partial charge in [0, 0.05) is 26.3 Å². The van der Waals surface area contributed by atoms with Crippen LogP contribution in [0.4, 0.5) is 5.69 Å². The van der Waals surface area contributed by atoms with Gasteiger partial charge in [-0.3, -0.25) is 4.79 Å². The number of methoxy groups -OCH3 is 1. The molecule has 5 heteroatoms. The van der Waals surface area contributed by atoms with Gasteiger partial charge >= 0.3 is 0 Å². The second-order valence-corrected chi connectivity index (χ2v) is 5.92. The number of ether oxygens (including phenoxy) is 1. The Hall–Kier alpha value is -2.53. The quantitative estimate of drug-likeness (QED) is 0.855. The Kier molecular flexibility index (Phi) is 5.82. The van der Waals surface area contributed by atoms with Crippen molar-refractivity contribution in [1.82, 2.24) is 5.32 Å². The number of aryl methyl sites for hydroxylation is 1. The third kappa shape index (κ3) is 4.26. The zero-order valence-electron chi connectivity index (χ0n) is 14.5. The number of carbonyl (C=O) groups excluding carboxylic acids is 1. The third-order valence-corrected chi connectivity index (χ3v) is 3.83. The minimum atomic E-state index is -1.23. The molecule has 2 N–H and O–H groups in total. The summed E-state index contributed by atoms with van der Waals surface area (Å²) in [6.07, 6.45) is -1.23. The van der Waals surface area contributed by atoms with Crippen LogP contribution in [0.1, 0.15) is 22.8 Å². The molecule has 0 unspecified atom stereocenters. The maximum atomic E-state index is 12.2. The summed E-state index contributed by atoms with van der Waals surface area (Å²) in [7, 11) is 5.47. The molecule has 24 heavy (non-hydrogen) atoms. The minimum Gasteiger partial charge on any atom is -0.497 e. The average Bonchev–Trinajstić information content (AvgIpc) is 2.59. The Morgan fingerprint density at radius 1 is 1.25 bits per heavy atom. The standard InChI is InChI=1S/C19H24N2O3/c1-13-8-9-15(17(10-13)21(2)3)12-20-19(23)18(22)14-6-5-7-16(11-14)24-4/h5-11,18,22H,12H2,1-4H3,(H,20,23)/t18-/m1/s1. The maximum absolute atomic E-state index is 12.2. The molecule has 1 amide bonds.